The number of nitrogen functional groups attached to an aromatic ring is 1. The van der Waals surface area contributed by atoms with E-state index in [1.807, 2.05) is 19.1 Å². The standard InChI is InChI=1S/C11H11BrN2O2/c1-6-3-7(12)4-8(10(6)15-2)9-5-14-16-11(9)13/h3-5H,13H2,1-2H3. The number of nitrogens with two attached hydrogens (primary N) is 1. The molecule has 2 aromatic rings. The lowest BCUT2D eigenvalue weighted by molar-refractivity contribution is 0.413. The van der Waals surface area contributed by atoms with Gasteiger partial charge < -0.3 is 15.0 Å². The molecule has 1 aromatic heterocycles. The average molecular weight is 283 g/mol. The molecule has 0 amide bonds. The largest absolute Gasteiger partial charge is 0.496 e. The van der Waals surface area contributed by atoms with Crippen LogP contribution in [-0.2, 0) is 0 Å². The molecular formula is C11H11BrN2O2. The van der Waals surface area contributed by atoms with E-state index in [2.05, 4.69) is 21.1 Å². The molecule has 5 heteroatoms. The third kappa shape index (κ3) is 1.78. The number of rotatable bonds is 2. The first-order chi connectivity index (χ1) is 7.63. The Balaban J connectivity index is 2.68. The van der Waals surface area contributed by atoms with Crippen LogP contribution in [0.1, 0.15) is 5.56 Å². The minimum Gasteiger partial charge on any atom is -0.496 e. The fourth-order valence-electron chi connectivity index (χ4n) is 1.65. The summed E-state index contributed by atoms with van der Waals surface area (Å²) in [4.78, 5) is 0. The van der Waals surface area contributed by atoms with E-state index in [0.29, 0.717) is 0 Å². The van der Waals surface area contributed by atoms with Gasteiger partial charge in [0.1, 0.15) is 5.75 Å². The zero-order valence-electron chi connectivity index (χ0n) is 8.95. The monoisotopic (exact) mass is 282 g/mol. The van der Waals surface area contributed by atoms with Crippen LogP contribution >= 0.6 is 15.9 Å². The van der Waals surface area contributed by atoms with Crippen molar-refractivity contribution in [2.75, 3.05) is 12.8 Å². The maximum atomic E-state index is 5.70. The molecule has 2 rings (SSSR count). The summed E-state index contributed by atoms with van der Waals surface area (Å²) >= 11 is 3.44. The van der Waals surface area contributed by atoms with Crippen molar-refractivity contribution < 1.29 is 9.26 Å². The van der Waals surface area contributed by atoms with E-state index >= 15 is 0 Å². The highest BCUT2D eigenvalue weighted by atomic mass is 79.9. The van der Waals surface area contributed by atoms with Crippen LogP contribution in [-0.4, -0.2) is 12.3 Å². The summed E-state index contributed by atoms with van der Waals surface area (Å²) in [5.41, 5.74) is 8.32. The molecule has 0 unspecified atom stereocenters. The Labute approximate surface area is 102 Å². The van der Waals surface area contributed by atoms with E-state index in [9.17, 15) is 0 Å². The highest BCUT2D eigenvalue weighted by Gasteiger charge is 2.15. The van der Waals surface area contributed by atoms with Gasteiger partial charge in [0, 0.05) is 10.0 Å². The molecular weight excluding hydrogens is 272 g/mol. The molecule has 0 aliphatic rings. The normalized spacial score (nSPS) is 10.4. The lowest BCUT2D eigenvalue weighted by atomic mass is 10.0. The van der Waals surface area contributed by atoms with Gasteiger partial charge in [0.15, 0.2) is 0 Å². The predicted octanol–water partition coefficient (Wildman–Crippen LogP) is 3.00. The van der Waals surface area contributed by atoms with Crippen LogP contribution in [0.15, 0.2) is 27.3 Å². The van der Waals surface area contributed by atoms with Crippen molar-refractivity contribution in [1.82, 2.24) is 5.16 Å². The lowest BCUT2D eigenvalue weighted by Gasteiger charge is -2.10. The van der Waals surface area contributed by atoms with Gasteiger partial charge in [-0.15, -0.1) is 0 Å². The molecule has 0 atom stereocenters. The third-order valence-corrected chi connectivity index (χ3v) is 2.79. The quantitative estimate of drug-likeness (QED) is 0.920. The molecule has 0 fully saturated rings. The number of methoxy groups -OCH3 is 1. The highest BCUT2D eigenvalue weighted by Crippen LogP contribution is 2.38. The van der Waals surface area contributed by atoms with E-state index in [4.69, 9.17) is 15.0 Å². The number of hydrogen-bond donors (Lipinski definition) is 1. The predicted molar refractivity (Wildman–Crippen MR) is 65.3 cm³/mol. The number of aryl methyl sites for hydroxylation is 1. The molecule has 0 radical (unpaired) electrons. The van der Waals surface area contributed by atoms with E-state index in [0.717, 1.165) is 26.9 Å². The molecule has 0 saturated heterocycles. The van der Waals surface area contributed by atoms with Crippen molar-refractivity contribution in [3.05, 3.63) is 28.4 Å². The minimum absolute atomic E-state index is 0.288. The number of ether oxygens (including phenoxy) is 1. The fourth-order valence-corrected chi connectivity index (χ4v) is 2.22. The Morgan fingerprint density at radius 2 is 2.12 bits per heavy atom. The Morgan fingerprint density at radius 3 is 2.69 bits per heavy atom. The SMILES string of the molecule is COc1c(C)cc(Br)cc1-c1cnoc1N. The van der Waals surface area contributed by atoms with Crippen LogP contribution in [0.25, 0.3) is 11.1 Å². The second-order valence-electron chi connectivity index (χ2n) is 3.41. The maximum Gasteiger partial charge on any atom is 0.230 e. The first kappa shape index (κ1) is 11.0. The Hall–Kier alpha value is -1.49. The van der Waals surface area contributed by atoms with E-state index in [1.54, 1.807) is 13.3 Å². The van der Waals surface area contributed by atoms with Crippen LogP contribution in [0.2, 0.25) is 0 Å². The van der Waals surface area contributed by atoms with Gasteiger partial charge in [-0.3, -0.25) is 0 Å². The number of aromatic nitrogens is 1. The highest BCUT2D eigenvalue weighted by molar-refractivity contribution is 9.10. The van der Waals surface area contributed by atoms with E-state index < -0.39 is 0 Å². The summed E-state index contributed by atoms with van der Waals surface area (Å²) in [5.74, 6) is 1.06. The number of anilines is 1. The van der Waals surface area contributed by atoms with Crippen LogP contribution in [0.4, 0.5) is 5.88 Å². The molecule has 0 aliphatic carbocycles. The molecule has 2 N–H and O–H groups in total. The molecule has 16 heavy (non-hydrogen) atoms. The first-order valence-corrected chi connectivity index (χ1v) is 5.47. The molecule has 0 aliphatic heterocycles. The molecule has 0 spiro atoms. The van der Waals surface area contributed by atoms with Gasteiger partial charge in [-0.25, -0.2) is 0 Å². The first-order valence-electron chi connectivity index (χ1n) is 4.68. The molecule has 4 nitrogen and oxygen atoms in total. The number of hydrogen-bond acceptors (Lipinski definition) is 4. The lowest BCUT2D eigenvalue weighted by Crippen LogP contribution is -1.93. The Kier molecular flexibility index (Phi) is 2.87. The van der Waals surface area contributed by atoms with Crippen molar-refractivity contribution in [1.29, 1.82) is 0 Å². The van der Waals surface area contributed by atoms with Gasteiger partial charge in [0.25, 0.3) is 0 Å². The third-order valence-electron chi connectivity index (χ3n) is 2.33. The van der Waals surface area contributed by atoms with Crippen LogP contribution in [0.5, 0.6) is 5.75 Å². The second kappa shape index (κ2) is 4.17. The van der Waals surface area contributed by atoms with Crippen molar-refractivity contribution in [3.63, 3.8) is 0 Å². The van der Waals surface area contributed by atoms with Crippen molar-refractivity contribution >= 4 is 21.8 Å². The van der Waals surface area contributed by atoms with Crippen LogP contribution in [0.3, 0.4) is 0 Å². The molecule has 0 saturated carbocycles. The number of nitrogens with zero attached hydrogens (tertiary/aromatic N) is 1. The minimum atomic E-state index is 0.288. The smallest absolute Gasteiger partial charge is 0.230 e. The Bertz CT molecular complexity index is 523. The summed E-state index contributed by atoms with van der Waals surface area (Å²) in [5, 5.41) is 3.66. The summed E-state index contributed by atoms with van der Waals surface area (Å²) in [7, 11) is 1.63. The molecule has 1 aromatic carbocycles. The van der Waals surface area contributed by atoms with Gasteiger partial charge in [0.05, 0.1) is 18.9 Å². The van der Waals surface area contributed by atoms with Crippen LogP contribution < -0.4 is 10.5 Å². The molecule has 1 heterocycles. The van der Waals surface area contributed by atoms with Gasteiger partial charge in [0.2, 0.25) is 5.88 Å². The zero-order chi connectivity index (χ0) is 11.7. The fraction of sp³-hybridized carbons (Fsp3) is 0.182. The van der Waals surface area contributed by atoms with E-state index in [1.165, 1.54) is 0 Å². The van der Waals surface area contributed by atoms with Gasteiger partial charge in [-0.05, 0) is 24.6 Å². The van der Waals surface area contributed by atoms with Crippen molar-refractivity contribution in [3.8, 4) is 16.9 Å². The van der Waals surface area contributed by atoms with Crippen molar-refractivity contribution in [2.45, 2.75) is 6.92 Å². The topological polar surface area (TPSA) is 61.3 Å². The number of halogens is 1. The summed E-state index contributed by atoms with van der Waals surface area (Å²) in [6, 6.07) is 3.90. The molecule has 0 bridgehead atoms. The molecule has 84 valence electrons. The second-order valence-corrected chi connectivity index (χ2v) is 4.32. The zero-order valence-corrected chi connectivity index (χ0v) is 10.5. The van der Waals surface area contributed by atoms with Crippen molar-refractivity contribution in [2.24, 2.45) is 0 Å². The van der Waals surface area contributed by atoms with Gasteiger partial charge in [-0.2, -0.15) is 0 Å². The van der Waals surface area contributed by atoms with Gasteiger partial charge >= 0.3 is 0 Å². The van der Waals surface area contributed by atoms with Crippen LogP contribution in [0, 0.1) is 6.92 Å². The summed E-state index contributed by atoms with van der Waals surface area (Å²) in [6.45, 7) is 1.97. The van der Waals surface area contributed by atoms with E-state index in [-0.39, 0.29) is 5.88 Å². The summed E-state index contributed by atoms with van der Waals surface area (Å²) in [6.07, 6.45) is 1.58. The average Bonchev–Trinajstić information content (AvgIpc) is 2.63. The van der Waals surface area contributed by atoms with Gasteiger partial charge in [-0.1, -0.05) is 21.1 Å². The Morgan fingerprint density at radius 1 is 1.38 bits per heavy atom. The maximum absolute atomic E-state index is 5.70. The number of benzene rings is 1. The summed E-state index contributed by atoms with van der Waals surface area (Å²) < 4.78 is 11.2.